The van der Waals surface area contributed by atoms with Crippen LogP contribution >= 0.6 is 0 Å². The minimum Gasteiger partial charge on any atom is -0.469 e. The molecule has 1 amide bonds. The lowest BCUT2D eigenvalue weighted by Crippen LogP contribution is -2.37. The van der Waals surface area contributed by atoms with Gasteiger partial charge in [-0.2, -0.15) is 0 Å². The standard InChI is InChI=1S/C10H16N2O2/c1-8(12-7-10(13)11-2)6-9-4-3-5-14-9/h3-5,8,12H,6-7H2,1-2H3,(H,11,13). The van der Waals surface area contributed by atoms with E-state index in [2.05, 4.69) is 10.6 Å². The van der Waals surface area contributed by atoms with E-state index in [9.17, 15) is 4.79 Å². The van der Waals surface area contributed by atoms with Crippen molar-refractivity contribution in [2.45, 2.75) is 19.4 Å². The lowest BCUT2D eigenvalue weighted by molar-refractivity contribution is -0.119. The van der Waals surface area contributed by atoms with Gasteiger partial charge in [-0.15, -0.1) is 0 Å². The van der Waals surface area contributed by atoms with Crippen molar-refractivity contribution in [2.75, 3.05) is 13.6 Å². The van der Waals surface area contributed by atoms with Crippen molar-refractivity contribution >= 4 is 5.91 Å². The van der Waals surface area contributed by atoms with Crippen molar-refractivity contribution in [3.63, 3.8) is 0 Å². The van der Waals surface area contributed by atoms with E-state index >= 15 is 0 Å². The average Bonchev–Trinajstić information content (AvgIpc) is 2.66. The second-order valence-electron chi connectivity index (χ2n) is 3.24. The van der Waals surface area contributed by atoms with Crippen LogP contribution in [0.15, 0.2) is 22.8 Å². The first kappa shape index (κ1) is 10.8. The molecule has 78 valence electrons. The molecule has 0 saturated carbocycles. The molecule has 14 heavy (non-hydrogen) atoms. The van der Waals surface area contributed by atoms with E-state index in [0.29, 0.717) is 6.54 Å². The summed E-state index contributed by atoms with van der Waals surface area (Å²) >= 11 is 0. The summed E-state index contributed by atoms with van der Waals surface area (Å²) < 4.78 is 5.20. The molecule has 0 bridgehead atoms. The Bertz CT molecular complexity index is 270. The van der Waals surface area contributed by atoms with E-state index in [-0.39, 0.29) is 11.9 Å². The van der Waals surface area contributed by atoms with E-state index in [1.54, 1.807) is 13.3 Å². The predicted octanol–water partition coefficient (Wildman–Crippen LogP) is 0.546. The number of likely N-dealkylation sites (N-methyl/N-ethyl adjacent to an activating group) is 1. The van der Waals surface area contributed by atoms with Gasteiger partial charge in [-0.3, -0.25) is 4.79 Å². The molecule has 0 aliphatic rings. The first-order chi connectivity index (χ1) is 6.72. The summed E-state index contributed by atoms with van der Waals surface area (Å²) in [5.74, 6) is 0.929. The summed E-state index contributed by atoms with van der Waals surface area (Å²) in [6, 6.07) is 4.03. The monoisotopic (exact) mass is 196 g/mol. The third-order valence-corrected chi connectivity index (χ3v) is 1.98. The molecule has 0 radical (unpaired) electrons. The summed E-state index contributed by atoms with van der Waals surface area (Å²) in [5, 5.41) is 5.65. The van der Waals surface area contributed by atoms with Gasteiger partial charge in [0.05, 0.1) is 12.8 Å². The predicted molar refractivity (Wildman–Crippen MR) is 53.9 cm³/mol. The van der Waals surface area contributed by atoms with Gasteiger partial charge in [-0.25, -0.2) is 0 Å². The summed E-state index contributed by atoms with van der Waals surface area (Å²) in [7, 11) is 1.63. The molecule has 1 atom stereocenters. The molecular formula is C10H16N2O2. The first-order valence-corrected chi connectivity index (χ1v) is 4.68. The normalized spacial score (nSPS) is 12.4. The summed E-state index contributed by atoms with van der Waals surface area (Å²) in [6.07, 6.45) is 2.45. The quantitative estimate of drug-likeness (QED) is 0.723. The molecule has 0 aliphatic heterocycles. The smallest absolute Gasteiger partial charge is 0.233 e. The fraction of sp³-hybridized carbons (Fsp3) is 0.500. The van der Waals surface area contributed by atoms with E-state index in [1.807, 2.05) is 19.1 Å². The number of carbonyl (C=O) groups is 1. The van der Waals surface area contributed by atoms with Gasteiger partial charge in [0.2, 0.25) is 5.91 Å². The SMILES string of the molecule is CNC(=O)CNC(C)Cc1ccco1. The molecule has 0 aliphatic carbocycles. The van der Waals surface area contributed by atoms with Crippen LogP contribution in [0.4, 0.5) is 0 Å². The number of hydrogen-bond donors (Lipinski definition) is 2. The second kappa shape index (κ2) is 5.44. The topological polar surface area (TPSA) is 54.3 Å². The first-order valence-electron chi connectivity index (χ1n) is 4.68. The number of carbonyl (C=O) groups excluding carboxylic acids is 1. The molecule has 4 nitrogen and oxygen atoms in total. The molecule has 2 N–H and O–H groups in total. The van der Waals surface area contributed by atoms with Gasteiger partial charge >= 0.3 is 0 Å². The minimum atomic E-state index is -0.00343. The molecule has 4 heteroatoms. The Hall–Kier alpha value is -1.29. The number of nitrogens with one attached hydrogen (secondary N) is 2. The van der Waals surface area contributed by atoms with Gasteiger partial charge in [0.1, 0.15) is 5.76 Å². The van der Waals surface area contributed by atoms with E-state index < -0.39 is 0 Å². The molecule has 0 saturated heterocycles. The highest BCUT2D eigenvalue weighted by Crippen LogP contribution is 2.03. The van der Waals surface area contributed by atoms with E-state index in [1.165, 1.54) is 0 Å². The third-order valence-electron chi connectivity index (χ3n) is 1.98. The fourth-order valence-electron chi connectivity index (χ4n) is 1.16. The number of rotatable bonds is 5. The van der Waals surface area contributed by atoms with Crippen molar-refractivity contribution in [3.8, 4) is 0 Å². The van der Waals surface area contributed by atoms with Crippen LogP contribution in [0.5, 0.6) is 0 Å². The van der Waals surface area contributed by atoms with Crippen LogP contribution < -0.4 is 10.6 Å². The molecule has 1 aromatic rings. The fourth-order valence-corrected chi connectivity index (χ4v) is 1.16. The Kier molecular flexibility index (Phi) is 4.19. The van der Waals surface area contributed by atoms with Crippen LogP contribution in [-0.2, 0) is 11.2 Å². The summed E-state index contributed by atoms with van der Waals surface area (Å²) in [4.78, 5) is 10.9. The van der Waals surface area contributed by atoms with E-state index in [0.717, 1.165) is 12.2 Å². The average molecular weight is 196 g/mol. The van der Waals surface area contributed by atoms with Gasteiger partial charge in [-0.1, -0.05) is 0 Å². The van der Waals surface area contributed by atoms with Gasteiger partial charge in [0, 0.05) is 19.5 Å². The maximum atomic E-state index is 10.9. The summed E-state index contributed by atoms with van der Waals surface area (Å²) in [6.45, 7) is 2.36. The molecule has 0 spiro atoms. The molecule has 1 rings (SSSR count). The van der Waals surface area contributed by atoms with Gasteiger partial charge in [0.25, 0.3) is 0 Å². The van der Waals surface area contributed by atoms with Gasteiger partial charge in [0.15, 0.2) is 0 Å². The van der Waals surface area contributed by atoms with Crippen molar-refractivity contribution in [1.29, 1.82) is 0 Å². The lowest BCUT2D eigenvalue weighted by atomic mass is 10.2. The zero-order valence-electron chi connectivity index (χ0n) is 8.54. The van der Waals surface area contributed by atoms with Crippen LogP contribution in [0, 0.1) is 0 Å². The second-order valence-corrected chi connectivity index (χ2v) is 3.24. The molecular weight excluding hydrogens is 180 g/mol. The number of furan rings is 1. The van der Waals surface area contributed by atoms with Crippen LogP contribution in [0.2, 0.25) is 0 Å². The number of hydrogen-bond acceptors (Lipinski definition) is 3. The summed E-state index contributed by atoms with van der Waals surface area (Å²) in [5.41, 5.74) is 0. The highest BCUT2D eigenvalue weighted by molar-refractivity contribution is 5.77. The molecule has 1 heterocycles. The lowest BCUT2D eigenvalue weighted by Gasteiger charge is -2.11. The zero-order chi connectivity index (χ0) is 10.4. The number of amides is 1. The van der Waals surface area contributed by atoms with Crippen LogP contribution in [0.1, 0.15) is 12.7 Å². The Morgan fingerprint density at radius 2 is 2.43 bits per heavy atom. The maximum Gasteiger partial charge on any atom is 0.233 e. The van der Waals surface area contributed by atoms with Gasteiger partial charge < -0.3 is 15.1 Å². The Balaban J connectivity index is 2.22. The minimum absolute atomic E-state index is 0.00343. The maximum absolute atomic E-state index is 10.9. The highest BCUT2D eigenvalue weighted by atomic mass is 16.3. The molecule has 0 fully saturated rings. The molecule has 1 aromatic heterocycles. The third kappa shape index (κ3) is 3.62. The molecule has 1 unspecified atom stereocenters. The Labute approximate surface area is 83.7 Å². The zero-order valence-corrected chi connectivity index (χ0v) is 8.54. The Morgan fingerprint density at radius 1 is 1.64 bits per heavy atom. The van der Waals surface area contributed by atoms with Gasteiger partial charge in [-0.05, 0) is 19.1 Å². The highest BCUT2D eigenvalue weighted by Gasteiger charge is 2.06. The Morgan fingerprint density at radius 3 is 3.00 bits per heavy atom. The van der Waals surface area contributed by atoms with Crippen LogP contribution in [0.3, 0.4) is 0 Å². The van der Waals surface area contributed by atoms with Crippen LogP contribution in [-0.4, -0.2) is 25.5 Å². The largest absolute Gasteiger partial charge is 0.469 e. The van der Waals surface area contributed by atoms with Crippen molar-refractivity contribution in [1.82, 2.24) is 10.6 Å². The van der Waals surface area contributed by atoms with Crippen molar-refractivity contribution in [3.05, 3.63) is 24.2 Å². The van der Waals surface area contributed by atoms with Crippen LogP contribution in [0.25, 0.3) is 0 Å². The molecule has 0 aromatic carbocycles. The van der Waals surface area contributed by atoms with Crippen molar-refractivity contribution < 1.29 is 9.21 Å². The van der Waals surface area contributed by atoms with E-state index in [4.69, 9.17) is 4.42 Å². The van der Waals surface area contributed by atoms with Crippen molar-refractivity contribution in [2.24, 2.45) is 0 Å².